The third kappa shape index (κ3) is 2.90. The Bertz CT molecular complexity index is 1380. The first-order valence-corrected chi connectivity index (χ1v) is 12.5. The van der Waals surface area contributed by atoms with Gasteiger partial charge in [0.1, 0.15) is 34.5 Å². The minimum absolute atomic E-state index is 0.361. The third-order valence-corrected chi connectivity index (χ3v) is 8.53. The minimum atomic E-state index is -1.20. The molecule has 1 saturated carbocycles. The van der Waals surface area contributed by atoms with E-state index in [0.717, 1.165) is 39.7 Å². The largest absolute Gasteiger partial charge is 0.496 e. The molecule has 0 radical (unpaired) electrons. The van der Waals surface area contributed by atoms with Gasteiger partial charge in [-0.05, 0) is 40.3 Å². The summed E-state index contributed by atoms with van der Waals surface area (Å²) >= 11 is 0. The molecule has 2 aliphatic carbocycles. The van der Waals surface area contributed by atoms with Crippen LogP contribution in [0.2, 0.25) is 0 Å². The molecule has 0 bridgehead atoms. The number of benzene rings is 3. The summed E-state index contributed by atoms with van der Waals surface area (Å²) in [5, 5.41) is 15.5. The molecular weight excluding hydrogens is 477 g/mol. The number of nitrogens with one attached hydrogen (secondary N) is 1. The fourth-order valence-corrected chi connectivity index (χ4v) is 6.86. The first kappa shape index (κ1) is 23.1. The highest BCUT2D eigenvalue weighted by Crippen LogP contribution is 2.68. The van der Waals surface area contributed by atoms with Crippen LogP contribution in [0.1, 0.15) is 23.1 Å². The first-order valence-electron chi connectivity index (χ1n) is 11.9. The molecule has 8 heteroatoms. The van der Waals surface area contributed by atoms with Crippen LogP contribution in [-0.4, -0.2) is 45.1 Å². The Balaban J connectivity index is 1.54. The highest BCUT2D eigenvalue weighted by atomic mass is 31.0. The maximum atomic E-state index is 13.2. The number of carboxylic acids is 1. The smallest absolute Gasteiger partial charge is 0.316 e. The van der Waals surface area contributed by atoms with E-state index in [0.29, 0.717) is 30.2 Å². The predicted octanol–water partition coefficient (Wildman–Crippen LogP) is 3.50. The summed E-state index contributed by atoms with van der Waals surface area (Å²) in [6, 6.07) is 15.5. The van der Waals surface area contributed by atoms with Crippen molar-refractivity contribution < 1.29 is 28.8 Å². The molecule has 0 saturated heterocycles. The van der Waals surface area contributed by atoms with Crippen molar-refractivity contribution in [1.29, 1.82) is 0 Å². The molecule has 0 spiro atoms. The average Bonchev–Trinajstić information content (AvgIpc) is 3.54. The Morgan fingerprint density at radius 3 is 2.42 bits per heavy atom. The van der Waals surface area contributed by atoms with Gasteiger partial charge in [-0.1, -0.05) is 24.3 Å². The summed E-state index contributed by atoms with van der Waals surface area (Å²) in [4.78, 5) is 13.2. The number of methoxy groups -OCH3 is 3. The molecule has 1 aliphatic heterocycles. The number of hydrogen-bond donors (Lipinski definition) is 2. The molecule has 4 atom stereocenters. The van der Waals surface area contributed by atoms with Gasteiger partial charge in [-0.25, -0.2) is 0 Å². The number of ether oxygens (including phenoxy) is 4. The molecule has 1 fully saturated rings. The van der Waals surface area contributed by atoms with Gasteiger partial charge in [0, 0.05) is 36.5 Å². The summed E-state index contributed by atoms with van der Waals surface area (Å²) in [5.41, 5.74) is 3.09. The Labute approximate surface area is 211 Å². The summed E-state index contributed by atoms with van der Waals surface area (Å²) in [5.74, 6) is 1.55. The fraction of sp³-hybridized carbons (Fsp3) is 0.321. The van der Waals surface area contributed by atoms with Crippen molar-refractivity contribution in [3.8, 4) is 34.1 Å². The Kier molecular flexibility index (Phi) is 5.22. The number of aliphatic carboxylic acids is 1. The predicted molar refractivity (Wildman–Crippen MR) is 139 cm³/mol. The van der Waals surface area contributed by atoms with Crippen LogP contribution in [0.25, 0.3) is 11.1 Å². The van der Waals surface area contributed by atoms with E-state index in [2.05, 4.69) is 32.8 Å². The molecule has 7 nitrogen and oxygen atoms in total. The van der Waals surface area contributed by atoms with Crippen molar-refractivity contribution in [3.63, 3.8) is 0 Å². The van der Waals surface area contributed by atoms with Crippen molar-refractivity contribution in [2.45, 2.75) is 24.5 Å². The van der Waals surface area contributed by atoms with E-state index in [1.165, 1.54) is 5.56 Å². The van der Waals surface area contributed by atoms with Crippen molar-refractivity contribution >= 4 is 20.5 Å². The average molecular weight is 506 g/mol. The van der Waals surface area contributed by atoms with E-state index in [1.807, 2.05) is 12.1 Å². The van der Waals surface area contributed by atoms with Gasteiger partial charge < -0.3 is 29.4 Å². The Morgan fingerprint density at radius 1 is 1.03 bits per heavy atom. The second kappa shape index (κ2) is 8.12. The van der Waals surface area contributed by atoms with Crippen molar-refractivity contribution in [2.24, 2.45) is 5.41 Å². The fourth-order valence-electron chi connectivity index (χ4n) is 6.33. The lowest BCUT2D eigenvalue weighted by Gasteiger charge is -2.43. The maximum absolute atomic E-state index is 13.2. The van der Waals surface area contributed by atoms with E-state index in [1.54, 1.807) is 39.5 Å². The van der Waals surface area contributed by atoms with Crippen LogP contribution in [0.5, 0.6) is 23.0 Å². The summed E-state index contributed by atoms with van der Waals surface area (Å²) in [6.07, 6.45) is 0.635. The summed E-state index contributed by atoms with van der Waals surface area (Å²) in [7, 11) is 7.60. The van der Waals surface area contributed by atoms with Crippen LogP contribution in [0, 0.1) is 5.41 Å². The van der Waals surface area contributed by atoms with E-state index in [-0.39, 0.29) is 0 Å². The van der Waals surface area contributed by atoms with E-state index >= 15 is 0 Å². The minimum Gasteiger partial charge on any atom is -0.496 e. The van der Waals surface area contributed by atoms with Crippen LogP contribution in [0.4, 0.5) is 0 Å². The SMILES string of the molecule is COc1cc(OC)cc(OC2CC2(C(=O)O)[C@@]23NCCc4cccc(c42)-c2c3ccc(OC)c2P)c1. The normalized spacial score (nSPS) is 24.9. The van der Waals surface area contributed by atoms with Gasteiger partial charge in [0.05, 0.1) is 26.9 Å². The van der Waals surface area contributed by atoms with Gasteiger partial charge in [0.25, 0.3) is 0 Å². The van der Waals surface area contributed by atoms with Gasteiger partial charge in [-0.15, -0.1) is 9.24 Å². The lowest BCUT2D eigenvalue weighted by molar-refractivity contribution is -0.148. The van der Waals surface area contributed by atoms with Gasteiger partial charge in [-0.2, -0.15) is 0 Å². The zero-order chi connectivity index (χ0) is 25.2. The highest BCUT2D eigenvalue weighted by molar-refractivity contribution is 7.28. The van der Waals surface area contributed by atoms with Crippen molar-refractivity contribution in [1.82, 2.24) is 5.32 Å². The highest BCUT2D eigenvalue weighted by Gasteiger charge is 2.77. The van der Waals surface area contributed by atoms with E-state index in [4.69, 9.17) is 18.9 Å². The molecule has 6 rings (SSSR count). The van der Waals surface area contributed by atoms with Crippen LogP contribution in [0.15, 0.2) is 48.5 Å². The number of fused-ring (bicyclic) bond motifs is 3. The molecule has 2 N–H and O–H groups in total. The molecule has 3 unspecified atom stereocenters. The molecular formula is C28H28NO6P. The number of carboxylic acid groups (broad SMARTS) is 1. The number of rotatable bonds is 7. The first-order chi connectivity index (χ1) is 17.4. The van der Waals surface area contributed by atoms with Crippen LogP contribution in [0.3, 0.4) is 0 Å². The van der Waals surface area contributed by atoms with Gasteiger partial charge in [0.15, 0.2) is 0 Å². The quantitative estimate of drug-likeness (QED) is 0.476. The zero-order valence-electron chi connectivity index (χ0n) is 20.4. The van der Waals surface area contributed by atoms with Gasteiger partial charge in [0.2, 0.25) is 0 Å². The van der Waals surface area contributed by atoms with Gasteiger partial charge >= 0.3 is 5.97 Å². The molecule has 0 aromatic heterocycles. The summed E-state index contributed by atoms with van der Waals surface area (Å²) in [6.45, 7) is 0.669. The standard InChI is InChI=1S/C28H28NO6P/c1-32-16-11-17(33-2)13-18(12-16)35-22-14-27(22,26(30)31)28-20-7-8-21(34-3)25(36)23(20)19-6-4-5-15(24(19)28)9-10-29-28/h4-8,11-13,22,29H,9-10,14,36H2,1-3H3,(H,30,31)/t22?,27?,28-/m0/s1. The van der Waals surface area contributed by atoms with Crippen molar-refractivity contribution in [3.05, 3.63) is 65.2 Å². The second-order valence-corrected chi connectivity index (χ2v) is 10.1. The van der Waals surface area contributed by atoms with E-state index < -0.39 is 23.0 Å². The molecule has 3 aromatic rings. The topological polar surface area (TPSA) is 86.3 Å². The molecule has 0 amide bonds. The molecule has 3 aromatic carbocycles. The molecule has 186 valence electrons. The van der Waals surface area contributed by atoms with Crippen LogP contribution < -0.4 is 29.6 Å². The lowest BCUT2D eigenvalue weighted by atomic mass is 9.69. The second-order valence-electron chi connectivity index (χ2n) is 9.51. The van der Waals surface area contributed by atoms with E-state index in [9.17, 15) is 9.90 Å². The van der Waals surface area contributed by atoms with Crippen molar-refractivity contribution in [2.75, 3.05) is 27.9 Å². The molecule has 1 heterocycles. The Morgan fingerprint density at radius 2 is 1.75 bits per heavy atom. The zero-order valence-corrected chi connectivity index (χ0v) is 21.5. The molecule has 36 heavy (non-hydrogen) atoms. The monoisotopic (exact) mass is 505 g/mol. The van der Waals surface area contributed by atoms with Crippen LogP contribution in [-0.2, 0) is 16.8 Å². The number of carbonyl (C=O) groups is 1. The van der Waals surface area contributed by atoms with Crippen LogP contribution >= 0.6 is 9.24 Å². The summed E-state index contributed by atoms with van der Waals surface area (Å²) < 4.78 is 22.8. The lowest BCUT2D eigenvalue weighted by Crippen LogP contribution is -2.57. The van der Waals surface area contributed by atoms with Gasteiger partial charge in [-0.3, -0.25) is 4.79 Å². The molecule has 3 aliphatic rings. The third-order valence-electron chi connectivity index (χ3n) is 7.96. The number of hydrogen-bond acceptors (Lipinski definition) is 6. The maximum Gasteiger partial charge on any atom is 0.316 e. The Hall–Kier alpha value is -3.28.